The normalized spacial score (nSPS) is 11.1. The number of hydrogen-bond acceptors (Lipinski definition) is 2. The summed E-state index contributed by atoms with van der Waals surface area (Å²) in [5.74, 6) is -0.592. The molecule has 5 heteroatoms. The predicted molar refractivity (Wildman–Crippen MR) is 84.5 cm³/mol. The van der Waals surface area contributed by atoms with E-state index in [1.807, 2.05) is 6.07 Å². The molecule has 0 fully saturated rings. The summed E-state index contributed by atoms with van der Waals surface area (Å²) in [5.41, 5.74) is 2.41. The van der Waals surface area contributed by atoms with Crippen LogP contribution in [-0.2, 0) is 6.42 Å². The lowest BCUT2D eigenvalue weighted by Gasteiger charge is -2.13. The summed E-state index contributed by atoms with van der Waals surface area (Å²) in [6.07, 6.45) is 2.83. The van der Waals surface area contributed by atoms with Gasteiger partial charge in [-0.2, -0.15) is 0 Å². The zero-order valence-electron chi connectivity index (χ0n) is 11.6. The van der Waals surface area contributed by atoms with Gasteiger partial charge in [0.2, 0.25) is 0 Å². The monoisotopic (exact) mass is 314 g/mol. The number of aryl methyl sites for hydroxylation is 1. The largest absolute Gasteiger partial charge is 0.384 e. The number of hydrogen-bond donors (Lipinski definition) is 1. The van der Waals surface area contributed by atoms with Gasteiger partial charge < -0.3 is 5.32 Å². The average molecular weight is 315 g/mol. The van der Waals surface area contributed by atoms with Gasteiger partial charge in [-0.15, -0.1) is 0 Å². The van der Waals surface area contributed by atoms with E-state index in [-0.39, 0.29) is 10.0 Å². The topological polar surface area (TPSA) is 24.9 Å². The Morgan fingerprint density at radius 1 is 1.20 bits per heavy atom. The van der Waals surface area contributed by atoms with Gasteiger partial charge >= 0.3 is 0 Å². The molecule has 2 rings (SSSR count). The van der Waals surface area contributed by atoms with Gasteiger partial charge in [0.05, 0.1) is 15.6 Å². The van der Waals surface area contributed by atoms with Crippen molar-refractivity contribution >= 4 is 39.8 Å². The second-order valence-electron chi connectivity index (χ2n) is 4.72. The lowest BCUT2D eigenvalue weighted by molar-refractivity contribution is 0.630. The molecule has 2 aromatic rings. The smallest absolute Gasteiger partial charge is 0.161 e. The first kappa shape index (κ1) is 15.3. The van der Waals surface area contributed by atoms with E-state index in [0.29, 0.717) is 10.9 Å². The molecule has 0 saturated heterocycles. The fourth-order valence-electron chi connectivity index (χ4n) is 2.14. The Balaban J connectivity index is 2.67. The Hall–Kier alpha value is -1.06. The number of benzene rings is 1. The van der Waals surface area contributed by atoms with E-state index in [9.17, 15) is 4.39 Å². The quantitative estimate of drug-likeness (QED) is 0.742. The number of pyridine rings is 1. The number of fused-ring (bicyclic) bond motifs is 1. The number of nitrogens with zero attached hydrogens (tertiary/aromatic N) is 1. The van der Waals surface area contributed by atoms with Gasteiger partial charge in [-0.05, 0) is 25.0 Å². The number of nitrogens with one attached hydrogen (secondary N) is 1. The van der Waals surface area contributed by atoms with E-state index in [1.165, 1.54) is 6.07 Å². The molecule has 0 saturated carbocycles. The molecule has 20 heavy (non-hydrogen) atoms. The van der Waals surface area contributed by atoms with Crippen molar-refractivity contribution in [3.05, 3.63) is 33.7 Å². The third-order valence-electron chi connectivity index (χ3n) is 3.06. The van der Waals surface area contributed by atoms with E-state index in [1.54, 1.807) is 0 Å². The van der Waals surface area contributed by atoms with Crippen LogP contribution < -0.4 is 5.32 Å². The van der Waals surface area contributed by atoms with Crippen molar-refractivity contribution in [1.29, 1.82) is 0 Å². The first-order valence-corrected chi connectivity index (χ1v) is 7.55. The third-order valence-corrected chi connectivity index (χ3v) is 3.69. The molecule has 0 bridgehead atoms. The van der Waals surface area contributed by atoms with Crippen LogP contribution >= 0.6 is 23.2 Å². The zero-order valence-corrected chi connectivity index (χ0v) is 13.1. The number of aromatic nitrogens is 1. The lowest BCUT2D eigenvalue weighted by Crippen LogP contribution is -2.03. The Bertz CT molecular complexity index is 629. The van der Waals surface area contributed by atoms with Crippen LogP contribution in [0.3, 0.4) is 0 Å². The summed E-state index contributed by atoms with van der Waals surface area (Å²) < 4.78 is 13.9. The van der Waals surface area contributed by atoms with Crippen LogP contribution in [0.1, 0.15) is 32.4 Å². The van der Waals surface area contributed by atoms with Crippen molar-refractivity contribution < 1.29 is 4.39 Å². The Morgan fingerprint density at radius 2 is 1.95 bits per heavy atom. The van der Waals surface area contributed by atoms with Crippen LogP contribution in [0.4, 0.5) is 10.1 Å². The molecule has 0 aliphatic rings. The maximum atomic E-state index is 13.9. The number of rotatable bonds is 5. The van der Waals surface area contributed by atoms with Crippen molar-refractivity contribution in [3.8, 4) is 0 Å². The molecule has 108 valence electrons. The van der Waals surface area contributed by atoms with Crippen molar-refractivity contribution in [2.45, 2.75) is 33.1 Å². The first-order chi connectivity index (χ1) is 9.58. The molecule has 2 nitrogen and oxygen atoms in total. The van der Waals surface area contributed by atoms with Crippen molar-refractivity contribution in [2.75, 3.05) is 11.9 Å². The number of halogens is 3. The van der Waals surface area contributed by atoms with Gasteiger partial charge in [-0.3, -0.25) is 4.98 Å². The highest BCUT2D eigenvalue weighted by molar-refractivity contribution is 6.39. The van der Waals surface area contributed by atoms with Crippen molar-refractivity contribution in [3.63, 3.8) is 0 Å². The average Bonchev–Trinajstić information content (AvgIpc) is 2.42. The second kappa shape index (κ2) is 6.59. The minimum atomic E-state index is -0.592. The molecule has 0 unspecified atom stereocenters. The summed E-state index contributed by atoms with van der Waals surface area (Å²) in [7, 11) is 0. The molecule has 1 aromatic heterocycles. The lowest BCUT2D eigenvalue weighted by atomic mass is 10.1. The SMILES string of the molecule is CCCNc1cc(CCC)nc2cc(Cl)c(F)c(Cl)c12. The maximum absolute atomic E-state index is 13.9. The molecule has 1 aromatic carbocycles. The van der Waals surface area contributed by atoms with Gasteiger partial charge in [-0.1, -0.05) is 43.5 Å². The van der Waals surface area contributed by atoms with Gasteiger partial charge in [0.15, 0.2) is 5.82 Å². The molecule has 1 N–H and O–H groups in total. The van der Waals surface area contributed by atoms with E-state index < -0.39 is 5.82 Å². The number of anilines is 1. The molecular weight excluding hydrogens is 298 g/mol. The molecule has 0 atom stereocenters. The summed E-state index contributed by atoms with van der Waals surface area (Å²) >= 11 is 12.0. The third kappa shape index (κ3) is 2.99. The van der Waals surface area contributed by atoms with Crippen LogP contribution in [-0.4, -0.2) is 11.5 Å². The van der Waals surface area contributed by atoms with E-state index in [0.717, 1.165) is 37.2 Å². The van der Waals surface area contributed by atoms with Gasteiger partial charge in [0.25, 0.3) is 0 Å². The standard InChI is InChI=1S/C15H17Cl2FN2/c1-3-5-9-7-11(19-6-4-2)13-12(20-9)8-10(16)15(18)14(13)17/h7-8H,3-6H2,1-2H3,(H,19,20). The minimum absolute atomic E-state index is 0.00471. The van der Waals surface area contributed by atoms with Crippen LogP contribution in [0.25, 0.3) is 10.9 Å². The minimum Gasteiger partial charge on any atom is -0.384 e. The Kier molecular flexibility index (Phi) is 5.06. The van der Waals surface area contributed by atoms with Crippen LogP contribution in [0.2, 0.25) is 10.0 Å². The highest BCUT2D eigenvalue weighted by Gasteiger charge is 2.15. The molecule has 1 heterocycles. The Labute approximate surface area is 128 Å². The second-order valence-corrected chi connectivity index (χ2v) is 5.50. The van der Waals surface area contributed by atoms with Crippen molar-refractivity contribution in [1.82, 2.24) is 4.98 Å². The fourth-order valence-corrected chi connectivity index (χ4v) is 2.68. The molecular formula is C15H17Cl2FN2. The highest BCUT2D eigenvalue weighted by Crippen LogP contribution is 2.36. The van der Waals surface area contributed by atoms with Crippen molar-refractivity contribution in [2.24, 2.45) is 0 Å². The Morgan fingerprint density at radius 3 is 2.60 bits per heavy atom. The summed E-state index contributed by atoms with van der Waals surface area (Å²) in [4.78, 5) is 4.52. The van der Waals surface area contributed by atoms with E-state index >= 15 is 0 Å². The van der Waals surface area contributed by atoms with E-state index in [2.05, 4.69) is 24.1 Å². The first-order valence-electron chi connectivity index (χ1n) is 6.79. The van der Waals surface area contributed by atoms with Crippen LogP contribution in [0.5, 0.6) is 0 Å². The molecule has 0 aliphatic heterocycles. The molecule has 0 radical (unpaired) electrons. The van der Waals surface area contributed by atoms with E-state index in [4.69, 9.17) is 23.2 Å². The molecule has 0 aliphatic carbocycles. The predicted octanol–water partition coefficient (Wildman–Crippen LogP) is 5.46. The summed E-state index contributed by atoms with van der Waals surface area (Å²) in [6.45, 7) is 4.96. The molecule has 0 spiro atoms. The van der Waals surface area contributed by atoms with Crippen LogP contribution in [0, 0.1) is 5.82 Å². The molecule has 0 amide bonds. The zero-order chi connectivity index (χ0) is 14.7. The van der Waals surface area contributed by atoms with Gasteiger partial charge in [0.1, 0.15) is 0 Å². The summed E-state index contributed by atoms with van der Waals surface area (Å²) in [6, 6.07) is 3.48. The van der Waals surface area contributed by atoms with Crippen LogP contribution in [0.15, 0.2) is 12.1 Å². The highest BCUT2D eigenvalue weighted by atomic mass is 35.5. The summed E-state index contributed by atoms with van der Waals surface area (Å²) in [5, 5.41) is 3.92. The fraction of sp³-hybridized carbons (Fsp3) is 0.400. The van der Waals surface area contributed by atoms with Gasteiger partial charge in [-0.25, -0.2) is 4.39 Å². The van der Waals surface area contributed by atoms with Gasteiger partial charge in [0, 0.05) is 23.3 Å². The maximum Gasteiger partial charge on any atom is 0.161 e.